The highest BCUT2D eigenvalue weighted by Crippen LogP contribution is 2.34. The lowest BCUT2D eigenvalue weighted by Crippen LogP contribution is -2.41. The van der Waals surface area contributed by atoms with E-state index in [1.165, 1.54) is 6.07 Å². The molecule has 0 bridgehead atoms. The molecular weight excluding hydrogens is 350 g/mol. The zero-order valence-corrected chi connectivity index (χ0v) is 15.4. The number of hydrogen-bond acceptors (Lipinski definition) is 6. The number of carbonyl (C=O) groups is 1. The van der Waals surface area contributed by atoms with Crippen molar-refractivity contribution in [1.29, 1.82) is 0 Å². The van der Waals surface area contributed by atoms with E-state index < -0.39 is 17.1 Å². The molecule has 0 radical (unpaired) electrons. The topological polar surface area (TPSA) is 89.2 Å². The number of nitrogens with zero attached hydrogens (tertiary/aromatic N) is 1. The van der Waals surface area contributed by atoms with Crippen LogP contribution in [0.1, 0.15) is 29.4 Å². The van der Waals surface area contributed by atoms with E-state index in [0.29, 0.717) is 37.8 Å². The SMILES string of the molecule is COc1ccc([C@@H](CC(=O)N2CCOCC2)c2oc(C)cc(=O)c2O)cc1. The maximum atomic E-state index is 12.8. The van der Waals surface area contributed by atoms with E-state index in [1.54, 1.807) is 43.2 Å². The van der Waals surface area contributed by atoms with Gasteiger partial charge in [0.25, 0.3) is 0 Å². The molecule has 1 atom stereocenters. The first kappa shape index (κ1) is 19.0. The van der Waals surface area contributed by atoms with Gasteiger partial charge in [0.1, 0.15) is 11.5 Å². The van der Waals surface area contributed by atoms with Crippen LogP contribution in [-0.4, -0.2) is 49.3 Å². The summed E-state index contributed by atoms with van der Waals surface area (Å²) in [5, 5.41) is 10.3. The molecule has 1 saturated heterocycles. The number of methoxy groups -OCH3 is 1. The Morgan fingerprint density at radius 3 is 2.56 bits per heavy atom. The molecule has 1 aliphatic rings. The molecule has 2 heterocycles. The zero-order valence-electron chi connectivity index (χ0n) is 15.4. The molecule has 1 fully saturated rings. The molecule has 144 valence electrons. The van der Waals surface area contributed by atoms with Gasteiger partial charge in [0.05, 0.1) is 26.2 Å². The van der Waals surface area contributed by atoms with Crippen LogP contribution in [0.5, 0.6) is 11.5 Å². The summed E-state index contributed by atoms with van der Waals surface area (Å²) < 4.78 is 16.1. The standard InChI is InChI=1S/C20H23NO6/c1-13-11-17(22)19(24)20(27-13)16(14-3-5-15(25-2)6-4-14)12-18(23)21-7-9-26-10-8-21/h3-6,11,16,24H,7-10,12H2,1-2H3/t16-/m1/s1. The fourth-order valence-electron chi connectivity index (χ4n) is 3.18. The van der Waals surface area contributed by atoms with Crippen LogP contribution < -0.4 is 10.2 Å². The van der Waals surface area contributed by atoms with Crippen LogP contribution in [0.4, 0.5) is 0 Å². The number of benzene rings is 1. The van der Waals surface area contributed by atoms with E-state index in [-0.39, 0.29) is 18.1 Å². The first-order valence-corrected chi connectivity index (χ1v) is 8.82. The molecule has 0 unspecified atom stereocenters. The Morgan fingerprint density at radius 1 is 1.26 bits per heavy atom. The van der Waals surface area contributed by atoms with Crippen LogP contribution in [0, 0.1) is 6.92 Å². The van der Waals surface area contributed by atoms with E-state index in [9.17, 15) is 14.7 Å². The maximum absolute atomic E-state index is 12.8. The molecule has 7 nitrogen and oxygen atoms in total. The Kier molecular flexibility index (Phi) is 5.81. The van der Waals surface area contributed by atoms with Crippen molar-refractivity contribution in [2.45, 2.75) is 19.3 Å². The molecule has 2 aromatic rings. The highest BCUT2D eigenvalue weighted by molar-refractivity contribution is 5.78. The lowest BCUT2D eigenvalue weighted by molar-refractivity contribution is -0.135. The maximum Gasteiger partial charge on any atom is 0.227 e. The molecule has 1 N–H and O–H groups in total. The molecule has 1 aromatic heterocycles. The van der Waals surface area contributed by atoms with Gasteiger partial charge in [0, 0.05) is 25.6 Å². The number of aryl methyl sites for hydroxylation is 1. The van der Waals surface area contributed by atoms with E-state index >= 15 is 0 Å². The molecule has 3 rings (SSSR count). The lowest BCUT2D eigenvalue weighted by Gasteiger charge is -2.28. The normalized spacial score (nSPS) is 15.4. The summed E-state index contributed by atoms with van der Waals surface area (Å²) in [6.07, 6.45) is 0.0757. The fraction of sp³-hybridized carbons (Fsp3) is 0.400. The molecule has 27 heavy (non-hydrogen) atoms. The number of amides is 1. The van der Waals surface area contributed by atoms with Crippen LogP contribution in [0.15, 0.2) is 39.5 Å². The van der Waals surface area contributed by atoms with Gasteiger partial charge >= 0.3 is 0 Å². The fourth-order valence-corrected chi connectivity index (χ4v) is 3.18. The molecule has 1 amide bonds. The summed E-state index contributed by atoms with van der Waals surface area (Å²) >= 11 is 0. The molecule has 0 aliphatic carbocycles. The number of aromatic hydroxyl groups is 1. The first-order valence-electron chi connectivity index (χ1n) is 8.82. The van der Waals surface area contributed by atoms with Crippen molar-refractivity contribution in [3.8, 4) is 11.5 Å². The lowest BCUT2D eigenvalue weighted by atomic mass is 9.91. The van der Waals surface area contributed by atoms with E-state index in [1.807, 2.05) is 0 Å². The second-order valence-corrected chi connectivity index (χ2v) is 6.46. The van der Waals surface area contributed by atoms with E-state index in [2.05, 4.69) is 0 Å². The van der Waals surface area contributed by atoms with Gasteiger partial charge < -0.3 is 23.9 Å². The summed E-state index contributed by atoms with van der Waals surface area (Å²) in [6.45, 7) is 3.70. The predicted octanol–water partition coefficient (Wildman–Crippen LogP) is 2.04. The Hall–Kier alpha value is -2.80. The van der Waals surface area contributed by atoms with Gasteiger partial charge in [0.15, 0.2) is 5.76 Å². The smallest absolute Gasteiger partial charge is 0.227 e. The van der Waals surface area contributed by atoms with Crippen molar-refractivity contribution in [2.75, 3.05) is 33.4 Å². The van der Waals surface area contributed by atoms with Gasteiger partial charge in [0.2, 0.25) is 17.1 Å². The first-order chi connectivity index (χ1) is 13.0. The van der Waals surface area contributed by atoms with Crippen LogP contribution in [-0.2, 0) is 9.53 Å². The van der Waals surface area contributed by atoms with Gasteiger partial charge in [-0.2, -0.15) is 0 Å². The van der Waals surface area contributed by atoms with Crippen molar-refractivity contribution in [3.05, 3.63) is 57.6 Å². The van der Waals surface area contributed by atoms with Gasteiger partial charge in [-0.15, -0.1) is 0 Å². The molecule has 1 aromatic carbocycles. The Bertz CT molecular complexity index is 852. The molecule has 7 heteroatoms. The second-order valence-electron chi connectivity index (χ2n) is 6.46. The Labute approximate surface area is 157 Å². The van der Waals surface area contributed by atoms with Crippen LogP contribution in [0.25, 0.3) is 0 Å². The van der Waals surface area contributed by atoms with Gasteiger partial charge in [-0.05, 0) is 24.6 Å². The van der Waals surface area contributed by atoms with Crippen molar-refractivity contribution in [3.63, 3.8) is 0 Å². The monoisotopic (exact) mass is 373 g/mol. The average molecular weight is 373 g/mol. The number of morpholine rings is 1. The second kappa shape index (κ2) is 8.26. The number of ether oxygens (including phenoxy) is 2. The zero-order chi connectivity index (χ0) is 19.4. The molecular formula is C20H23NO6. The highest BCUT2D eigenvalue weighted by Gasteiger charge is 2.28. The quantitative estimate of drug-likeness (QED) is 0.863. The molecule has 0 spiro atoms. The summed E-state index contributed by atoms with van der Waals surface area (Å²) in [6, 6.07) is 8.38. The van der Waals surface area contributed by atoms with E-state index in [4.69, 9.17) is 13.9 Å². The van der Waals surface area contributed by atoms with Crippen molar-refractivity contribution in [2.24, 2.45) is 0 Å². The van der Waals surface area contributed by atoms with Gasteiger partial charge in [-0.25, -0.2) is 0 Å². The Balaban J connectivity index is 1.98. The minimum Gasteiger partial charge on any atom is -0.502 e. The van der Waals surface area contributed by atoms with E-state index in [0.717, 1.165) is 5.56 Å². The minimum atomic E-state index is -0.584. The number of hydrogen-bond donors (Lipinski definition) is 1. The number of carbonyl (C=O) groups excluding carboxylic acids is 1. The third-order valence-electron chi connectivity index (χ3n) is 4.65. The largest absolute Gasteiger partial charge is 0.502 e. The summed E-state index contributed by atoms with van der Waals surface area (Å²) in [5.41, 5.74) is 0.229. The van der Waals surface area contributed by atoms with Crippen molar-refractivity contribution in [1.82, 2.24) is 4.90 Å². The van der Waals surface area contributed by atoms with Gasteiger partial charge in [-0.3, -0.25) is 9.59 Å². The highest BCUT2D eigenvalue weighted by atomic mass is 16.5. The molecule has 0 saturated carbocycles. The summed E-state index contributed by atoms with van der Waals surface area (Å²) in [4.78, 5) is 26.6. The van der Waals surface area contributed by atoms with Crippen LogP contribution in [0.3, 0.4) is 0 Å². The van der Waals surface area contributed by atoms with Gasteiger partial charge in [-0.1, -0.05) is 12.1 Å². The number of rotatable bonds is 5. The third-order valence-corrected chi connectivity index (χ3v) is 4.65. The summed E-state index contributed by atoms with van der Waals surface area (Å²) in [7, 11) is 1.57. The van der Waals surface area contributed by atoms with Crippen LogP contribution in [0.2, 0.25) is 0 Å². The summed E-state index contributed by atoms with van der Waals surface area (Å²) in [5.74, 6) is 0.0292. The minimum absolute atomic E-state index is 0.0757. The molecule has 1 aliphatic heterocycles. The van der Waals surface area contributed by atoms with Crippen molar-refractivity contribution < 1.29 is 23.8 Å². The average Bonchev–Trinajstić information content (AvgIpc) is 2.69. The predicted molar refractivity (Wildman–Crippen MR) is 98.2 cm³/mol. The van der Waals surface area contributed by atoms with Crippen molar-refractivity contribution >= 4 is 5.91 Å². The third kappa shape index (κ3) is 4.31. The Morgan fingerprint density at radius 2 is 1.93 bits per heavy atom. The van der Waals surface area contributed by atoms with Crippen LogP contribution >= 0.6 is 0 Å².